The first-order chi connectivity index (χ1) is 10.0. The molecule has 1 aromatic carbocycles. The molecule has 118 valence electrons. The molecule has 21 heavy (non-hydrogen) atoms. The Hall–Kier alpha value is -1.06. The van der Waals surface area contributed by atoms with Crippen LogP contribution in [0.4, 0.5) is 5.69 Å². The summed E-state index contributed by atoms with van der Waals surface area (Å²) in [4.78, 5) is 2.53. The highest BCUT2D eigenvalue weighted by Crippen LogP contribution is 2.29. The Balaban J connectivity index is 2.31. The lowest BCUT2D eigenvalue weighted by atomic mass is 9.98. The molecule has 0 amide bonds. The zero-order valence-corrected chi connectivity index (χ0v) is 13.9. The lowest BCUT2D eigenvalue weighted by Crippen LogP contribution is -2.49. The lowest BCUT2D eigenvalue weighted by Gasteiger charge is -2.41. The molecule has 3 unspecified atom stereocenters. The van der Waals surface area contributed by atoms with Gasteiger partial charge in [-0.3, -0.25) is 0 Å². The van der Waals surface area contributed by atoms with Gasteiger partial charge in [-0.15, -0.1) is 0 Å². The average molecular weight is 290 g/mol. The first-order valence-corrected chi connectivity index (χ1v) is 8.28. The number of rotatable bonds is 5. The number of nitrogens with two attached hydrogens (primary N) is 1. The maximum atomic E-state index is 6.20. The summed E-state index contributed by atoms with van der Waals surface area (Å²) in [6.45, 7) is 10.5. The molecule has 0 aliphatic carbocycles. The minimum atomic E-state index is 0.240. The van der Waals surface area contributed by atoms with Crippen molar-refractivity contribution in [2.45, 2.75) is 65.1 Å². The van der Waals surface area contributed by atoms with E-state index in [2.05, 4.69) is 50.8 Å². The van der Waals surface area contributed by atoms with Gasteiger partial charge in [-0.05, 0) is 44.7 Å². The van der Waals surface area contributed by atoms with Crippen LogP contribution in [0.2, 0.25) is 0 Å². The summed E-state index contributed by atoms with van der Waals surface area (Å²) in [5, 5.41) is 0. The summed E-state index contributed by atoms with van der Waals surface area (Å²) < 4.78 is 5.83. The molecule has 2 rings (SSSR count). The smallest absolute Gasteiger partial charge is 0.0723 e. The van der Waals surface area contributed by atoms with Gasteiger partial charge in [0.1, 0.15) is 0 Å². The molecular weight excluding hydrogens is 260 g/mol. The van der Waals surface area contributed by atoms with Gasteiger partial charge in [0.2, 0.25) is 0 Å². The summed E-state index contributed by atoms with van der Waals surface area (Å²) >= 11 is 0. The van der Waals surface area contributed by atoms with E-state index >= 15 is 0 Å². The van der Waals surface area contributed by atoms with Crippen LogP contribution in [0.1, 0.15) is 44.7 Å². The van der Waals surface area contributed by atoms with Crippen LogP contribution >= 0.6 is 0 Å². The summed E-state index contributed by atoms with van der Waals surface area (Å²) in [6.07, 6.45) is 3.38. The van der Waals surface area contributed by atoms with Gasteiger partial charge in [-0.1, -0.05) is 31.5 Å². The van der Waals surface area contributed by atoms with Crippen molar-refractivity contribution in [3.05, 3.63) is 29.3 Å². The maximum Gasteiger partial charge on any atom is 0.0723 e. The summed E-state index contributed by atoms with van der Waals surface area (Å²) in [5.74, 6) is 0. The number of aryl methyl sites for hydroxylation is 1. The third-order valence-electron chi connectivity index (χ3n) is 4.49. The third kappa shape index (κ3) is 3.98. The molecule has 0 spiro atoms. The van der Waals surface area contributed by atoms with Crippen LogP contribution in [0, 0.1) is 6.92 Å². The van der Waals surface area contributed by atoms with Gasteiger partial charge in [0, 0.05) is 18.3 Å². The molecule has 0 radical (unpaired) electrons. The fourth-order valence-corrected chi connectivity index (χ4v) is 3.06. The second kappa shape index (κ2) is 7.28. The first-order valence-electron chi connectivity index (χ1n) is 8.28. The van der Waals surface area contributed by atoms with Crippen LogP contribution in [0.25, 0.3) is 0 Å². The second-order valence-corrected chi connectivity index (χ2v) is 6.36. The lowest BCUT2D eigenvalue weighted by molar-refractivity contribution is 0.0299. The number of hydrogen-bond acceptors (Lipinski definition) is 3. The van der Waals surface area contributed by atoms with Crippen LogP contribution < -0.4 is 10.6 Å². The number of anilines is 1. The number of morpholine rings is 1. The molecule has 3 atom stereocenters. The average Bonchev–Trinajstić information content (AvgIpc) is 2.47. The van der Waals surface area contributed by atoms with Crippen molar-refractivity contribution in [3.63, 3.8) is 0 Å². The fraction of sp³-hybridized carbons (Fsp3) is 0.667. The standard InChI is InChI=1S/C18H30N2O/c1-5-16(19)10-15-9-13(3)7-8-18(15)20-11-14(4)21-12-17(20)6-2/h7-9,14,16-17H,5-6,10-12,19H2,1-4H3. The van der Waals surface area contributed by atoms with E-state index in [1.165, 1.54) is 16.8 Å². The van der Waals surface area contributed by atoms with Gasteiger partial charge in [-0.2, -0.15) is 0 Å². The van der Waals surface area contributed by atoms with E-state index in [1.54, 1.807) is 0 Å². The summed E-state index contributed by atoms with van der Waals surface area (Å²) in [7, 11) is 0. The van der Waals surface area contributed by atoms with Crippen molar-refractivity contribution >= 4 is 5.69 Å². The molecule has 1 fully saturated rings. The second-order valence-electron chi connectivity index (χ2n) is 6.36. The van der Waals surface area contributed by atoms with E-state index in [0.717, 1.165) is 32.4 Å². The molecule has 2 N–H and O–H groups in total. The molecular formula is C18H30N2O. The van der Waals surface area contributed by atoms with E-state index < -0.39 is 0 Å². The third-order valence-corrected chi connectivity index (χ3v) is 4.49. The Bertz CT molecular complexity index is 461. The Morgan fingerprint density at radius 3 is 2.81 bits per heavy atom. The Morgan fingerprint density at radius 2 is 2.14 bits per heavy atom. The minimum Gasteiger partial charge on any atom is -0.375 e. The number of hydrogen-bond donors (Lipinski definition) is 1. The zero-order chi connectivity index (χ0) is 15.4. The molecule has 1 heterocycles. The van der Waals surface area contributed by atoms with Gasteiger partial charge in [-0.25, -0.2) is 0 Å². The normalized spacial score (nSPS) is 24.1. The van der Waals surface area contributed by atoms with E-state index in [9.17, 15) is 0 Å². The van der Waals surface area contributed by atoms with Gasteiger partial charge in [0.25, 0.3) is 0 Å². The molecule has 1 saturated heterocycles. The highest BCUT2D eigenvalue weighted by atomic mass is 16.5. The molecule has 1 aliphatic heterocycles. The maximum absolute atomic E-state index is 6.20. The predicted molar refractivity (Wildman–Crippen MR) is 90.0 cm³/mol. The zero-order valence-electron chi connectivity index (χ0n) is 13.9. The molecule has 0 aromatic heterocycles. The van der Waals surface area contributed by atoms with E-state index in [1.807, 2.05) is 0 Å². The van der Waals surface area contributed by atoms with Gasteiger partial charge in [0.15, 0.2) is 0 Å². The predicted octanol–water partition coefficient (Wildman–Crippen LogP) is 3.28. The molecule has 1 aliphatic rings. The molecule has 0 bridgehead atoms. The van der Waals surface area contributed by atoms with Gasteiger partial charge < -0.3 is 15.4 Å². The van der Waals surface area contributed by atoms with E-state index in [0.29, 0.717) is 12.1 Å². The largest absolute Gasteiger partial charge is 0.375 e. The van der Waals surface area contributed by atoms with Crippen LogP contribution in [-0.4, -0.2) is 31.3 Å². The summed E-state index contributed by atoms with van der Waals surface area (Å²) in [5.41, 5.74) is 10.3. The Morgan fingerprint density at radius 1 is 1.38 bits per heavy atom. The fourth-order valence-electron chi connectivity index (χ4n) is 3.06. The van der Waals surface area contributed by atoms with Crippen molar-refractivity contribution in [1.29, 1.82) is 0 Å². The molecule has 3 heteroatoms. The quantitative estimate of drug-likeness (QED) is 0.904. The highest BCUT2D eigenvalue weighted by molar-refractivity contribution is 5.56. The molecule has 1 aromatic rings. The number of ether oxygens (including phenoxy) is 1. The van der Waals surface area contributed by atoms with Crippen molar-refractivity contribution in [2.75, 3.05) is 18.1 Å². The van der Waals surface area contributed by atoms with Crippen molar-refractivity contribution in [3.8, 4) is 0 Å². The molecule has 3 nitrogen and oxygen atoms in total. The Kier molecular flexibility index (Phi) is 5.65. The molecule has 0 saturated carbocycles. The first kappa shape index (κ1) is 16.3. The van der Waals surface area contributed by atoms with Crippen molar-refractivity contribution in [1.82, 2.24) is 0 Å². The van der Waals surface area contributed by atoms with Crippen LogP contribution in [0.5, 0.6) is 0 Å². The number of nitrogens with zero attached hydrogens (tertiary/aromatic N) is 1. The van der Waals surface area contributed by atoms with Crippen molar-refractivity contribution in [2.24, 2.45) is 5.73 Å². The van der Waals surface area contributed by atoms with Crippen LogP contribution in [0.3, 0.4) is 0 Å². The monoisotopic (exact) mass is 290 g/mol. The SMILES string of the molecule is CCC(N)Cc1cc(C)ccc1N1CC(C)OCC1CC. The van der Waals surface area contributed by atoms with Crippen LogP contribution in [-0.2, 0) is 11.2 Å². The van der Waals surface area contributed by atoms with Crippen LogP contribution in [0.15, 0.2) is 18.2 Å². The van der Waals surface area contributed by atoms with E-state index in [4.69, 9.17) is 10.5 Å². The van der Waals surface area contributed by atoms with Crippen molar-refractivity contribution < 1.29 is 4.74 Å². The Labute approximate surface area is 129 Å². The van der Waals surface area contributed by atoms with Gasteiger partial charge in [0.05, 0.1) is 18.8 Å². The number of benzene rings is 1. The minimum absolute atomic E-state index is 0.240. The topological polar surface area (TPSA) is 38.5 Å². The summed E-state index contributed by atoms with van der Waals surface area (Å²) in [6, 6.07) is 7.50. The van der Waals surface area contributed by atoms with E-state index in [-0.39, 0.29) is 6.04 Å². The van der Waals surface area contributed by atoms with Gasteiger partial charge >= 0.3 is 0 Å². The highest BCUT2D eigenvalue weighted by Gasteiger charge is 2.27.